The van der Waals surface area contributed by atoms with Crippen LogP contribution in [0.3, 0.4) is 0 Å². The Morgan fingerprint density at radius 1 is 1.50 bits per heavy atom. The maximum atomic E-state index is 5.69. The molecular weight excluding hydrogens is 283 g/mol. The van der Waals surface area contributed by atoms with Crippen LogP contribution in [0.25, 0.3) is 10.3 Å². The highest BCUT2D eigenvalue weighted by atomic mass is 79.9. The van der Waals surface area contributed by atoms with Crippen molar-refractivity contribution in [2.75, 3.05) is 0 Å². The van der Waals surface area contributed by atoms with E-state index in [2.05, 4.69) is 25.9 Å². The van der Waals surface area contributed by atoms with Crippen LogP contribution in [0.1, 0.15) is 0 Å². The second-order valence-corrected chi connectivity index (χ2v) is 4.47. The molecule has 2 aromatic rings. The highest BCUT2D eigenvalue weighted by molar-refractivity contribution is 9.10. The van der Waals surface area contributed by atoms with Gasteiger partial charge < -0.3 is 0 Å². The molecule has 64 valence electrons. The van der Waals surface area contributed by atoms with Crippen LogP contribution in [0.15, 0.2) is 16.7 Å². The van der Waals surface area contributed by atoms with E-state index in [1.807, 2.05) is 6.07 Å². The molecule has 0 unspecified atom stereocenters. The molecule has 12 heavy (non-hydrogen) atoms. The quantitative estimate of drug-likeness (QED) is 0.740. The van der Waals surface area contributed by atoms with Crippen LogP contribution >= 0.6 is 51.3 Å². The summed E-state index contributed by atoms with van der Waals surface area (Å²) in [6, 6.07) is 1.95. The van der Waals surface area contributed by atoms with Crippen molar-refractivity contribution in [3.63, 3.8) is 0 Å². The minimum Gasteiger partial charge on any atom is -0.235 e. The van der Waals surface area contributed by atoms with Gasteiger partial charge in [-0.3, -0.25) is 0 Å². The van der Waals surface area contributed by atoms with Crippen LogP contribution in [0.5, 0.6) is 0 Å². The Labute approximate surface area is 92.5 Å². The number of aromatic nitrogens is 2. The van der Waals surface area contributed by atoms with Crippen molar-refractivity contribution in [3.05, 3.63) is 21.2 Å². The maximum Gasteiger partial charge on any atom is 0.186 e. The van der Waals surface area contributed by atoms with Gasteiger partial charge in [-0.1, -0.05) is 11.6 Å². The molecule has 0 saturated carbocycles. The summed E-state index contributed by atoms with van der Waals surface area (Å²) in [7, 11) is 0. The van der Waals surface area contributed by atoms with Gasteiger partial charge in [0.1, 0.15) is 0 Å². The van der Waals surface area contributed by atoms with Crippen LogP contribution in [0.4, 0.5) is 0 Å². The van der Waals surface area contributed by atoms with Crippen molar-refractivity contribution in [2.24, 2.45) is 0 Å². The molecule has 0 aliphatic heterocycles. The summed E-state index contributed by atoms with van der Waals surface area (Å²) >= 11 is 10.4. The minimum absolute atomic E-state index is 0. The molecule has 0 aliphatic carbocycles. The first kappa shape index (κ1) is 10.2. The lowest BCUT2D eigenvalue weighted by molar-refractivity contribution is 1.32. The van der Waals surface area contributed by atoms with E-state index in [9.17, 15) is 0 Å². The summed E-state index contributed by atoms with van der Waals surface area (Å²) in [6.07, 6.45) is 1.71. The van der Waals surface area contributed by atoms with E-state index < -0.39 is 0 Å². The average Bonchev–Trinajstić information content (AvgIpc) is 2.27. The van der Waals surface area contributed by atoms with E-state index >= 15 is 0 Å². The summed E-state index contributed by atoms with van der Waals surface area (Å²) in [5.41, 5.74) is 0.711. The zero-order chi connectivity index (χ0) is 7.84. The number of pyridine rings is 1. The van der Waals surface area contributed by atoms with E-state index in [1.165, 1.54) is 11.3 Å². The van der Waals surface area contributed by atoms with Gasteiger partial charge in [0.05, 0.1) is 4.70 Å². The predicted octanol–water partition coefficient (Wildman–Crippen LogP) is 3.53. The van der Waals surface area contributed by atoms with Crippen molar-refractivity contribution in [1.82, 2.24) is 9.97 Å². The number of hydrogen-bond acceptors (Lipinski definition) is 3. The van der Waals surface area contributed by atoms with Crippen molar-refractivity contribution < 1.29 is 0 Å². The third kappa shape index (κ3) is 1.88. The van der Waals surface area contributed by atoms with Gasteiger partial charge in [0.15, 0.2) is 10.1 Å². The van der Waals surface area contributed by atoms with Gasteiger partial charge in [0.25, 0.3) is 0 Å². The van der Waals surface area contributed by atoms with Crippen LogP contribution in [0, 0.1) is 0 Å². The second kappa shape index (κ2) is 3.87. The third-order valence-corrected chi connectivity index (χ3v) is 2.72. The van der Waals surface area contributed by atoms with Gasteiger partial charge in [0.2, 0.25) is 0 Å². The fourth-order valence-electron chi connectivity index (χ4n) is 0.769. The molecule has 2 heterocycles. The number of hydrogen-bond donors (Lipinski definition) is 0. The van der Waals surface area contributed by atoms with E-state index in [4.69, 9.17) is 11.6 Å². The topological polar surface area (TPSA) is 25.8 Å². The van der Waals surface area contributed by atoms with Gasteiger partial charge in [-0.05, 0) is 22.0 Å². The van der Waals surface area contributed by atoms with Crippen LogP contribution in [-0.2, 0) is 0 Å². The zero-order valence-corrected chi connectivity index (χ0v) is 9.60. The van der Waals surface area contributed by atoms with Gasteiger partial charge in [0, 0.05) is 10.7 Å². The first-order chi connectivity index (χ1) is 5.25. The lowest BCUT2D eigenvalue weighted by atomic mass is 10.5. The van der Waals surface area contributed by atoms with Crippen LogP contribution in [-0.4, -0.2) is 9.97 Å². The van der Waals surface area contributed by atoms with Gasteiger partial charge >= 0.3 is 0 Å². The molecule has 0 N–H and O–H groups in total. The highest BCUT2D eigenvalue weighted by Crippen LogP contribution is 2.25. The molecule has 0 aliphatic rings. The van der Waals surface area contributed by atoms with Crippen LogP contribution < -0.4 is 0 Å². The van der Waals surface area contributed by atoms with Crippen molar-refractivity contribution in [2.45, 2.75) is 0 Å². The largest absolute Gasteiger partial charge is 0.235 e. The van der Waals surface area contributed by atoms with Gasteiger partial charge in [-0.25, -0.2) is 9.97 Å². The Morgan fingerprint density at radius 3 is 3.00 bits per heavy atom. The Kier molecular flexibility index (Phi) is 3.29. The summed E-state index contributed by atoms with van der Waals surface area (Å²) in [5, 5.41) is 0. The molecule has 0 bridgehead atoms. The lowest BCUT2D eigenvalue weighted by Gasteiger charge is -1.86. The number of nitrogens with zero attached hydrogens (tertiary/aromatic N) is 2. The monoisotopic (exact) mass is 284 g/mol. The summed E-state index contributed by atoms with van der Waals surface area (Å²) in [6.45, 7) is 0. The molecule has 0 spiro atoms. The predicted molar refractivity (Wildman–Crippen MR) is 57.4 cm³/mol. The molecule has 2 nitrogen and oxygen atoms in total. The molecule has 0 atom stereocenters. The van der Waals surface area contributed by atoms with Crippen molar-refractivity contribution >= 4 is 61.6 Å². The Hall–Kier alpha value is 0.1000. The van der Waals surface area contributed by atoms with E-state index in [0.717, 1.165) is 9.17 Å². The Balaban J connectivity index is 0.000000720. The summed E-state index contributed by atoms with van der Waals surface area (Å²) < 4.78 is 2.49. The molecule has 2 aromatic heterocycles. The Bertz CT molecular complexity index is 403. The average molecular weight is 286 g/mol. The lowest BCUT2D eigenvalue weighted by Crippen LogP contribution is -1.73. The fourth-order valence-corrected chi connectivity index (χ4v) is 2.27. The van der Waals surface area contributed by atoms with Gasteiger partial charge in [-0.15, -0.1) is 23.7 Å². The molecule has 0 aromatic carbocycles. The molecule has 0 radical (unpaired) electrons. The highest BCUT2D eigenvalue weighted by Gasteiger charge is 2.01. The maximum absolute atomic E-state index is 5.69. The smallest absolute Gasteiger partial charge is 0.186 e. The van der Waals surface area contributed by atoms with Gasteiger partial charge in [-0.2, -0.15) is 0 Å². The first-order valence-corrected chi connectivity index (χ1v) is 4.82. The molecule has 2 rings (SSSR count). The Morgan fingerprint density at radius 2 is 2.25 bits per heavy atom. The van der Waals surface area contributed by atoms with Crippen molar-refractivity contribution in [1.29, 1.82) is 0 Å². The number of rotatable bonds is 0. The standard InChI is InChI=1S/C6H2BrClN2S.ClH/c7-3-1-4-5(9-2-3)10-6(8)11-4;/h1-2H;1H. The SMILES string of the molecule is Cl.Clc1nc2ncc(Br)cc2s1. The molecular formula is C6H3BrCl2N2S. The zero-order valence-electron chi connectivity index (χ0n) is 5.62. The molecule has 0 amide bonds. The van der Waals surface area contributed by atoms with E-state index in [1.54, 1.807) is 6.20 Å². The van der Waals surface area contributed by atoms with E-state index in [-0.39, 0.29) is 12.4 Å². The van der Waals surface area contributed by atoms with Crippen LogP contribution in [0.2, 0.25) is 4.47 Å². The normalized spacial score (nSPS) is 9.83. The first-order valence-electron chi connectivity index (χ1n) is 2.83. The third-order valence-electron chi connectivity index (χ3n) is 1.19. The molecule has 0 fully saturated rings. The van der Waals surface area contributed by atoms with E-state index in [0.29, 0.717) is 10.1 Å². The number of thiazole rings is 1. The summed E-state index contributed by atoms with van der Waals surface area (Å²) in [5.74, 6) is 0. The van der Waals surface area contributed by atoms with Crippen molar-refractivity contribution in [3.8, 4) is 0 Å². The minimum atomic E-state index is 0. The number of fused-ring (bicyclic) bond motifs is 1. The molecule has 0 saturated heterocycles. The molecule has 6 heteroatoms. The number of halogens is 3. The second-order valence-electron chi connectivity index (χ2n) is 1.94. The summed E-state index contributed by atoms with van der Waals surface area (Å²) in [4.78, 5) is 8.08. The fraction of sp³-hybridized carbons (Fsp3) is 0.